The number of carbonyl (C=O) groups excluding carboxylic acids is 3. The number of Topliss-reactive ketones (excluding diaryl/α,β-unsaturated/α-hetero) is 1. The molecule has 0 saturated heterocycles. The molecule has 2 aromatic rings. The fourth-order valence-electron chi connectivity index (χ4n) is 5.16. The van der Waals surface area contributed by atoms with E-state index in [2.05, 4.69) is 5.32 Å². The van der Waals surface area contributed by atoms with Crippen LogP contribution < -0.4 is 10.1 Å². The standard InChI is InChI=1S/C29H31NO6/c1-5-35-28(32)23-17(3)30-22-16-21(18-10-8-7-9-11-18)25(29(33)36-6-2)27(31)26(22)24(23)19-12-14-20(34-4)15-13-19/h7-15,21,24-25,30H,5-6,16H2,1-4H3. The van der Waals surface area contributed by atoms with Crippen LogP contribution in [0.3, 0.4) is 0 Å². The summed E-state index contributed by atoms with van der Waals surface area (Å²) in [7, 11) is 1.58. The number of hydrogen-bond donors (Lipinski definition) is 1. The van der Waals surface area contributed by atoms with Gasteiger partial charge in [-0.25, -0.2) is 4.79 Å². The van der Waals surface area contributed by atoms with Gasteiger partial charge in [0.15, 0.2) is 5.78 Å². The molecule has 0 radical (unpaired) electrons. The average molecular weight is 490 g/mol. The number of esters is 2. The molecule has 1 aliphatic heterocycles. The summed E-state index contributed by atoms with van der Waals surface area (Å²) in [5.74, 6) is -2.84. The molecule has 0 amide bonds. The highest BCUT2D eigenvalue weighted by molar-refractivity contribution is 6.13. The fraction of sp³-hybridized carbons (Fsp3) is 0.345. The monoisotopic (exact) mass is 489 g/mol. The first-order valence-corrected chi connectivity index (χ1v) is 12.2. The molecule has 7 heteroatoms. The fourth-order valence-corrected chi connectivity index (χ4v) is 5.16. The number of nitrogens with one attached hydrogen (secondary N) is 1. The van der Waals surface area contributed by atoms with Crippen molar-refractivity contribution < 1.29 is 28.6 Å². The predicted octanol–water partition coefficient (Wildman–Crippen LogP) is 4.41. The van der Waals surface area contributed by atoms with Gasteiger partial charge in [-0.15, -0.1) is 0 Å². The molecular weight excluding hydrogens is 458 g/mol. The van der Waals surface area contributed by atoms with Crippen LogP contribution in [0.1, 0.15) is 50.2 Å². The van der Waals surface area contributed by atoms with Crippen molar-refractivity contribution >= 4 is 17.7 Å². The summed E-state index contributed by atoms with van der Waals surface area (Å²) in [4.78, 5) is 40.5. The summed E-state index contributed by atoms with van der Waals surface area (Å²) in [5, 5.41) is 3.31. The second kappa shape index (κ2) is 10.8. The summed E-state index contributed by atoms with van der Waals surface area (Å²) < 4.78 is 16.0. The third-order valence-corrected chi connectivity index (χ3v) is 6.73. The molecule has 36 heavy (non-hydrogen) atoms. The van der Waals surface area contributed by atoms with E-state index in [0.29, 0.717) is 34.7 Å². The summed E-state index contributed by atoms with van der Waals surface area (Å²) >= 11 is 0. The molecule has 4 rings (SSSR count). The van der Waals surface area contributed by atoms with Crippen LogP contribution >= 0.6 is 0 Å². The molecule has 1 N–H and O–H groups in total. The molecule has 0 spiro atoms. The molecule has 3 atom stereocenters. The Balaban J connectivity index is 1.88. The summed E-state index contributed by atoms with van der Waals surface area (Å²) in [6.45, 7) is 5.65. The first-order chi connectivity index (χ1) is 17.4. The van der Waals surface area contributed by atoms with Gasteiger partial charge in [0.05, 0.1) is 25.9 Å². The molecule has 1 heterocycles. The van der Waals surface area contributed by atoms with E-state index in [1.54, 1.807) is 33.1 Å². The van der Waals surface area contributed by atoms with Gasteiger partial charge in [0.2, 0.25) is 0 Å². The molecule has 0 fully saturated rings. The number of carbonyl (C=O) groups is 3. The molecule has 0 saturated carbocycles. The number of methoxy groups -OCH3 is 1. The number of dihydropyridines is 1. The summed E-state index contributed by atoms with van der Waals surface area (Å²) in [6, 6.07) is 16.8. The Morgan fingerprint density at radius 3 is 2.22 bits per heavy atom. The maximum absolute atomic E-state index is 14.2. The zero-order chi connectivity index (χ0) is 25.8. The van der Waals surface area contributed by atoms with E-state index < -0.39 is 29.7 Å². The number of allylic oxidation sites excluding steroid dienone is 3. The van der Waals surface area contributed by atoms with Gasteiger partial charge in [0, 0.05) is 28.8 Å². The van der Waals surface area contributed by atoms with E-state index in [1.807, 2.05) is 49.4 Å². The van der Waals surface area contributed by atoms with Crippen LogP contribution in [0, 0.1) is 5.92 Å². The highest BCUT2D eigenvalue weighted by atomic mass is 16.5. The lowest BCUT2D eigenvalue weighted by molar-refractivity contribution is -0.152. The van der Waals surface area contributed by atoms with Crippen molar-refractivity contribution in [2.24, 2.45) is 5.92 Å². The molecule has 2 aliphatic rings. The van der Waals surface area contributed by atoms with Crippen molar-refractivity contribution in [3.8, 4) is 5.75 Å². The van der Waals surface area contributed by atoms with Gasteiger partial charge in [-0.1, -0.05) is 42.5 Å². The van der Waals surface area contributed by atoms with Crippen LogP contribution in [0.25, 0.3) is 0 Å². The lowest BCUT2D eigenvalue weighted by Gasteiger charge is -2.39. The number of rotatable bonds is 7. The largest absolute Gasteiger partial charge is 0.497 e. The second-order valence-corrected chi connectivity index (χ2v) is 8.80. The lowest BCUT2D eigenvalue weighted by atomic mass is 9.67. The van der Waals surface area contributed by atoms with Gasteiger partial charge in [0.1, 0.15) is 11.7 Å². The predicted molar refractivity (Wildman–Crippen MR) is 134 cm³/mol. The zero-order valence-corrected chi connectivity index (χ0v) is 21.0. The third kappa shape index (κ3) is 4.65. The van der Waals surface area contributed by atoms with Crippen LogP contribution in [0.5, 0.6) is 5.75 Å². The highest BCUT2D eigenvalue weighted by Crippen LogP contribution is 2.48. The Labute approximate surface area is 211 Å². The van der Waals surface area contributed by atoms with E-state index in [1.165, 1.54) is 0 Å². The molecular formula is C29H31NO6. The normalized spacial score (nSPS) is 21.4. The van der Waals surface area contributed by atoms with Crippen LogP contribution in [-0.4, -0.2) is 38.0 Å². The highest BCUT2D eigenvalue weighted by Gasteiger charge is 2.49. The van der Waals surface area contributed by atoms with Crippen molar-refractivity contribution in [3.05, 3.63) is 88.3 Å². The van der Waals surface area contributed by atoms with Gasteiger partial charge in [-0.05, 0) is 50.5 Å². The summed E-state index contributed by atoms with van der Waals surface area (Å²) in [6.07, 6.45) is 0.425. The van der Waals surface area contributed by atoms with Crippen LogP contribution in [0.15, 0.2) is 77.1 Å². The van der Waals surface area contributed by atoms with Gasteiger partial charge < -0.3 is 19.5 Å². The van der Waals surface area contributed by atoms with Crippen molar-refractivity contribution in [1.82, 2.24) is 5.32 Å². The number of hydrogen-bond acceptors (Lipinski definition) is 7. The van der Waals surface area contributed by atoms with Crippen LogP contribution in [0.4, 0.5) is 0 Å². The minimum absolute atomic E-state index is 0.170. The molecule has 3 unspecified atom stereocenters. The van der Waals surface area contributed by atoms with E-state index in [9.17, 15) is 14.4 Å². The molecule has 7 nitrogen and oxygen atoms in total. The number of ether oxygens (including phenoxy) is 3. The maximum atomic E-state index is 14.2. The van der Waals surface area contributed by atoms with Crippen molar-refractivity contribution in [2.75, 3.05) is 20.3 Å². The Hall–Kier alpha value is -3.87. The van der Waals surface area contributed by atoms with Crippen molar-refractivity contribution in [3.63, 3.8) is 0 Å². The minimum Gasteiger partial charge on any atom is -0.497 e. The molecule has 0 aromatic heterocycles. The zero-order valence-electron chi connectivity index (χ0n) is 21.0. The Morgan fingerprint density at radius 1 is 0.944 bits per heavy atom. The SMILES string of the molecule is CCOC(=O)C1=C(C)NC2=C(C(=O)C(C(=O)OCC)C(c3ccccc3)C2)C1c1ccc(OC)cc1. The second-order valence-electron chi connectivity index (χ2n) is 8.80. The van der Waals surface area contributed by atoms with Gasteiger partial charge in [-0.2, -0.15) is 0 Å². The topological polar surface area (TPSA) is 90.9 Å². The van der Waals surface area contributed by atoms with Gasteiger partial charge >= 0.3 is 11.9 Å². The summed E-state index contributed by atoms with van der Waals surface area (Å²) in [5.41, 5.74) is 3.72. The van der Waals surface area contributed by atoms with E-state index in [4.69, 9.17) is 14.2 Å². The smallest absolute Gasteiger partial charge is 0.336 e. The Kier molecular flexibility index (Phi) is 7.58. The van der Waals surface area contributed by atoms with Gasteiger partial charge in [0.25, 0.3) is 0 Å². The van der Waals surface area contributed by atoms with Crippen LogP contribution in [-0.2, 0) is 23.9 Å². The van der Waals surface area contributed by atoms with E-state index >= 15 is 0 Å². The molecule has 0 bridgehead atoms. The van der Waals surface area contributed by atoms with E-state index in [-0.39, 0.29) is 19.0 Å². The van der Waals surface area contributed by atoms with E-state index in [0.717, 1.165) is 11.1 Å². The number of benzene rings is 2. The average Bonchev–Trinajstić information content (AvgIpc) is 2.88. The lowest BCUT2D eigenvalue weighted by Crippen LogP contribution is -2.43. The molecule has 1 aliphatic carbocycles. The van der Waals surface area contributed by atoms with Crippen LogP contribution in [0.2, 0.25) is 0 Å². The van der Waals surface area contributed by atoms with Crippen molar-refractivity contribution in [1.29, 1.82) is 0 Å². The first-order valence-electron chi connectivity index (χ1n) is 12.2. The molecule has 2 aromatic carbocycles. The number of ketones is 1. The van der Waals surface area contributed by atoms with Gasteiger partial charge in [-0.3, -0.25) is 9.59 Å². The third-order valence-electron chi connectivity index (χ3n) is 6.73. The Morgan fingerprint density at radius 2 is 1.61 bits per heavy atom. The van der Waals surface area contributed by atoms with Crippen molar-refractivity contribution in [2.45, 2.75) is 39.0 Å². The molecule has 188 valence electrons. The minimum atomic E-state index is -1.02. The first kappa shape index (κ1) is 25.2. The Bertz CT molecular complexity index is 1210. The quantitative estimate of drug-likeness (QED) is 0.455. The maximum Gasteiger partial charge on any atom is 0.336 e.